The third kappa shape index (κ3) is 3.39. The molecule has 0 fully saturated rings. The van der Waals surface area contributed by atoms with Gasteiger partial charge in [0, 0.05) is 12.1 Å². The highest BCUT2D eigenvalue weighted by Gasteiger charge is 2.27. The summed E-state index contributed by atoms with van der Waals surface area (Å²) in [4.78, 5) is 28.6. The molecule has 34 heavy (non-hydrogen) atoms. The number of ether oxygens (including phenoxy) is 2. The van der Waals surface area contributed by atoms with E-state index in [1.807, 2.05) is 18.2 Å². The molecule has 0 spiro atoms. The van der Waals surface area contributed by atoms with Crippen molar-refractivity contribution in [1.29, 1.82) is 0 Å². The van der Waals surface area contributed by atoms with Gasteiger partial charge < -0.3 is 13.9 Å². The zero-order chi connectivity index (χ0) is 23.2. The van der Waals surface area contributed by atoms with Crippen LogP contribution in [0.15, 0.2) is 69.9 Å². The molecule has 0 bridgehead atoms. The van der Waals surface area contributed by atoms with Gasteiger partial charge in [-0.2, -0.15) is 9.50 Å². The molecule has 0 saturated carbocycles. The summed E-state index contributed by atoms with van der Waals surface area (Å²) in [6, 6.07) is 16.9. The quantitative estimate of drug-likeness (QED) is 0.287. The van der Waals surface area contributed by atoms with Crippen molar-refractivity contribution in [3.8, 4) is 22.8 Å². The van der Waals surface area contributed by atoms with Crippen LogP contribution in [0.25, 0.3) is 22.4 Å². The molecule has 3 aromatic heterocycles. The largest absolute Gasteiger partial charge is 0.485 e. The first-order chi connectivity index (χ1) is 16.6. The van der Waals surface area contributed by atoms with Crippen LogP contribution in [-0.2, 0) is 0 Å². The van der Waals surface area contributed by atoms with Crippen LogP contribution in [0.3, 0.4) is 0 Å². The van der Waals surface area contributed by atoms with E-state index < -0.39 is 11.0 Å². The van der Waals surface area contributed by atoms with Crippen molar-refractivity contribution < 1.29 is 18.8 Å². The predicted octanol–water partition coefficient (Wildman–Crippen LogP) is 3.38. The number of nitro benzene ring substituents is 1. The number of hydrogen-bond donors (Lipinski definition) is 0. The maximum absolute atomic E-state index is 12.9. The smallest absolute Gasteiger partial charge is 0.291 e. The molecule has 1 aliphatic heterocycles. The van der Waals surface area contributed by atoms with E-state index in [1.165, 1.54) is 10.6 Å². The van der Waals surface area contributed by atoms with Crippen molar-refractivity contribution in [2.75, 3.05) is 6.61 Å². The lowest BCUT2D eigenvalue weighted by Crippen LogP contribution is -2.26. The summed E-state index contributed by atoms with van der Waals surface area (Å²) >= 11 is 1.16. The lowest BCUT2D eigenvalue weighted by molar-refractivity contribution is -0.384. The van der Waals surface area contributed by atoms with E-state index >= 15 is 0 Å². The Hall–Kier alpha value is -4.51. The van der Waals surface area contributed by atoms with E-state index in [0.717, 1.165) is 11.3 Å². The van der Waals surface area contributed by atoms with Gasteiger partial charge in [-0.3, -0.25) is 14.9 Å². The summed E-state index contributed by atoms with van der Waals surface area (Å²) in [5.74, 6) is 2.33. The Kier molecular flexibility index (Phi) is 4.62. The molecule has 0 amide bonds. The number of thiazole rings is 1. The molecule has 0 radical (unpaired) electrons. The van der Waals surface area contributed by atoms with Gasteiger partial charge in [-0.1, -0.05) is 35.6 Å². The van der Waals surface area contributed by atoms with Gasteiger partial charge in [0.2, 0.25) is 4.96 Å². The van der Waals surface area contributed by atoms with Crippen LogP contribution in [0, 0.1) is 10.1 Å². The number of para-hydroxylation sites is 3. The monoisotopic (exact) mass is 474 g/mol. The molecule has 0 aliphatic carbocycles. The van der Waals surface area contributed by atoms with Gasteiger partial charge in [-0.15, -0.1) is 5.10 Å². The molecule has 11 heteroatoms. The number of furan rings is 1. The molecule has 0 saturated heterocycles. The highest BCUT2D eigenvalue weighted by molar-refractivity contribution is 7.15. The first-order valence-corrected chi connectivity index (χ1v) is 11.0. The van der Waals surface area contributed by atoms with Crippen LogP contribution in [0.5, 0.6) is 11.5 Å². The standard InChI is InChI=1S/C23H14N4O6S/c28-22-20(11-13-9-10-16(32-13)14-5-1-2-6-15(14)27(29)30)34-23-24-21(25-26(22)23)19-12-31-17-7-3-4-8-18(17)33-19/h1-11,19H,12H2/b20-11-/t19-/m1/s1. The summed E-state index contributed by atoms with van der Waals surface area (Å²) in [5, 5.41) is 15.6. The van der Waals surface area contributed by atoms with E-state index in [1.54, 1.807) is 42.5 Å². The van der Waals surface area contributed by atoms with E-state index in [0.29, 0.717) is 43.9 Å². The Bertz CT molecular complexity index is 1670. The highest BCUT2D eigenvalue weighted by Crippen LogP contribution is 2.35. The average molecular weight is 474 g/mol. The summed E-state index contributed by atoms with van der Waals surface area (Å²) < 4.78 is 19.0. The molecule has 5 aromatic rings. The van der Waals surface area contributed by atoms with E-state index in [4.69, 9.17) is 13.9 Å². The van der Waals surface area contributed by atoms with Gasteiger partial charge in [-0.05, 0) is 30.3 Å². The van der Waals surface area contributed by atoms with Crippen LogP contribution in [0.1, 0.15) is 17.7 Å². The fourth-order valence-corrected chi connectivity index (χ4v) is 4.57. The molecule has 6 rings (SSSR count). The lowest BCUT2D eigenvalue weighted by atomic mass is 10.1. The van der Waals surface area contributed by atoms with Crippen molar-refractivity contribution in [1.82, 2.24) is 14.6 Å². The minimum atomic E-state index is -0.525. The minimum absolute atomic E-state index is 0.0595. The second kappa shape index (κ2) is 7.81. The number of benzene rings is 2. The Balaban J connectivity index is 1.31. The van der Waals surface area contributed by atoms with Crippen LogP contribution in [0.4, 0.5) is 5.69 Å². The SMILES string of the molecule is O=c1/c(=C/c2ccc(-c3ccccc3[N+](=O)[O-])o2)sc2nc([C@H]3COc4ccccc4O3)nn12. The molecule has 2 aromatic carbocycles. The van der Waals surface area contributed by atoms with Gasteiger partial charge in [0.25, 0.3) is 11.2 Å². The zero-order valence-corrected chi connectivity index (χ0v) is 18.1. The first kappa shape index (κ1) is 20.1. The van der Waals surface area contributed by atoms with Crippen molar-refractivity contribution in [3.63, 3.8) is 0 Å². The fourth-order valence-electron chi connectivity index (χ4n) is 3.68. The van der Waals surface area contributed by atoms with E-state index in [9.17, 15) is 14.9 Å². The summed E-state index contributed by atoms with van der Waals surface area (Å²) in [6.07, 6.45) is 1.04. The molecule has 1 aliphatic rings. The molecule has 1 atom stereocenters. The fraction of sp³-hybridized carbons (Fsp3) is 0.0870. The number of nitro groups is 1. The summed E-state index contributed by atoms with van der Waals surface area (Å²) in [7, 11) is 0. The van der Waals surface area contributed by atoms with E-state index in [2.05, 4.69) is 10.1 Å². The summed E-state index contributed by atoms with van der Waals surface area (Å²) in [5.41, 5.74) is -0.0478. The highest BCUT2D eigenvalue weighted by atomic mass is 32.1. The molecular weight excluding hydrogens is 460 g/mol. The number of hydrogen-bond acceptors (Lipinski definition) is 9. The topological polar surface area (TPSA) is 122 Å². The lowest BCUT2D eigenvalue weighted by Gasteiger charge is -2.24. The predicted molar refractivity (Wildman–Crippen MR) is 122 cm³/mol. The number of nitrogens with zero attached hydrogens (tertiary/aromatic N) is 4. The molecule has 168 valence electrons. The zero-order valence-electron chi connectivity index (χ0n) is 17.3. The van der Waals surface area contributed by atoms with Crippen molar-refractivity contribution in [3.05, 3.63) is 97.2 Å². The molecular formula is C23H14N4O6S. The third-order valence-corrected chi connectivity index (χ3v) is 6.22. The summed E-state index contributed by atoms with van der Waals surface area (Å²) in [6.45, 7) is 0.239. The first-order valence-electron chi connectivity index (χ1n) is 10.2. The number of rotatable bonds is 4. The molecule has 4 heterocycles. The maximum Gasteiger partial charge on any atom is 0.291 e. The second-order valence-electron chi connectivity index (χ2n) is 7.42. The Labute approximate surface area is 194 Å². The van der Waals surface area contributed by atoms with Gasteiger partial charge in [0.1, 0.15) is 22.7 Å². The van der Waals surface area contributed by atoms with Crippen LogP contribution < -0.4 is 19.6 Å². The van der Waals surface area contributed by atoms with E-state index in [-0.39, 0.29) is 17.9 Å². The minimum Gasteiger partial charge on any atom is -0.485 e. The van der Waals surface area contributed by atoms with Crippen molar-refractivity contribution >= 4 is 28.1 Å². The van der Waals surface area contributed by atoms with Crippen molar-refractivity contribution in [2.24, 2.45) is 0 Å². The number of fused-ring (bicyclic) bond motifs is 2. The molecule has 10 nitrogen and oxygen atoms in total. The van der Waals surface area contributed by atoms with Gasteiger partial charge in [0.05, 0.1) is 10.5 Å². The third-order valence-electron chi connectivity index (χ3n) is 5.26. The second-order valence-corrected chi connectivity index (χ2v) is 8.43. The average Bonchev–Trinajstić information content (AvgIpc) is 3.56. The van der Waals surface area contributed by atoms with Crippen LogP contribution >= 0.6 is 11.3 Å². The Morgan fingerprint density at radius 3 is 2.71 bits per heavy atom. The van der Waals surface area contributed by atoms with Gasteiger partial charge in [-0.25, -0.2) is 0 Å². The van der Waals surface area contributed by atoms with Gasteiger partial charge in [0.15, 0.2) is 23.4 Å². The van der Waals surface area contributed by atoms with Crippen LogP contribution in [-0.4, -0.2) is 26.1 Å². The van der Waals surface area contributed by atoms with Crippen molar-refractivity contribution in [2.45, 2.75) is 6.10 Å². The van der Waals surface area contributed by atoms with Gasteiger partial charge >= 0.3 is 0 Å². The molecule has 0 unspecified atom stereocenters. The van der Waals surface area contributed by atoms with Crippen LogP contribution in [0.2, 0.25) is 0 Å². The molecule has 0 N–H and O–H groups in total. The Morgan fingerprint density at radius 2 is 1.88 bits per heavy atom. The number of aromatic nitrogens is 3. The Morgan fingerprint density at radius 1 is 1.09 bits per heavy atom. The maximum atomic E-state index is 12.9. The normalized spacial score (nSPS) is 15.6.